The number of nitrogens with one attached hydrogen (secondary N) is 1. The highest BCUT2D eigenvalue weighted by molar-refractivity contribution is 5.70. The molecular weight excluding hydrogens is 190 g/mol. The molecule has 0 spiro atoms. The highest BCUT2D eigenvalue weighted by Crippen LogP contribution is 1.91. The van der Waals surface area contributed by atoms with Gasteiger partial charge in [0, 0.05) is 0 Å². The zero-order chi connectivity index (χ0) is 11.0. The Morgan fingerprint density at radius 1 is 1.50 bits per heavy atom. The molecule has 0 fully saturated rings. The van der Waals surface area contributed by atoms with E-state index in [1.54, 1.807) is 0 Å². The molecule has 0 radical (unpaired) electrons. The summed E-state index contributed by atoms with van der Waals surface area (Å²) >= 11 is 0. The lowest BCUT2D eigenvalue weighted by Crippen LogP contribution is -2.36. The molecular formula is C8H15NO5. The maximum absolute atomic E-state index is 10.8. The molecule has 3 N–H and O–H groups in total. The highest BCUT2D eigenvalue weighted by atomic mass is 16.6. The SMILES string of the molecule is CCCCOC(=O)NC(O)CC(=O)O. The largest absolute Gasteiger partial charge is 0.481 e. The van der Waals surface area contributed by atoms with Gasteiger partial charge in [0.05, 0.1) is 13.0 Å². The number of unbranched alkanes of at least 4 members (excludes halogenated alkanes) is 1. The number of amides is 1. The van der Waals surface area contributed by atoms with Gasteiger partial charge >= 0.3 is 12.1 Å². The van der Waals surface area contributed by atoms with Gasteiger partial charge in [-0.1, -0.05) is 13.3 Å². The van der Waals surface area contributed by atoms with Crippen molar-refractivity contribution >= 4 is 12.1 Å². The summed E-state index contributed by atoms with van der Waals surface area (Å²) in [7, 11) is 0. The predicted octanol–water partition coefficient (Wildman–Crippen LogP) is 0.306. The standard InChI is InChI=1S/C8H15NO5/c1-2-3-4-14-8(13)9-6(10)5-7(11)12/h6,10H,2-5H2,1H3,(H,9,13)(H,11,12). The normalized spacial score (nSPS) is 11.9. The van der Waals surface area contributed by atoms with Gasteiger partial charge < -0.3 is 14.9 Å². The molecule has 82 valence electrons. The van der Waals surface area contributed by atoms with Gasteiger partial charge in [-0.05, 0) is 6.42 Å². The third-order valence-corrected chi connectivity index (χ3v) is 1.38. The van der Waals surface area contributed by atoms with Crippen LogP contribution in [-0.2, 0) is 9.53 Å². The molecule has 0 aromatic carbocycles. The minimum absolute atomic E-state index is 0.266. The lowest BCUT2D eigenvalue weighted by molar-refractivity contribution is -0.139. The number of aliphatic hydroxyl groups is 1. The second-order valence-electron chi connectivity index (χ2n) is 2.75. The van der Waals surface area contributed by atoms with E-state index in [-0.39, 0.29) is 6.61 Å². The van der Waals surface area contributed by atoms with Crippen LogP contribution in [0.1, 0.15) is 26.2 Å². The first-order valence-electron chi connectivity index (χ1n) is 4.39. The fraction of sp³-hybridized carbons (Fsp3) is 0.750. The second kappa shape index (κ2) is 7.14. The monoisotopic (exact) mass is 205 g/mol. The number of aliphatic carboxylic acids is 1. The van der Waals surface area contributed by atoms with Gasteiger partial charge in [-0.25, -0.2) is 4.79 Å². The Morgan fingerprint density at radius 3 is 2.64 bits per heavy atom. The first-order chi connectivity index (χ1) is 6.56. The topological polar surface area (TPSA) is 95.9 Å². The average molecular weight is 205 g/mol. The zero-order valence-electron chi connectivity index (χ0n) is 8.02. The van der Waals surface area contributed by atoms with Crippen molar-refractivity contribution in [2.75, 3.05) is 6.61 Å². The number of rotatable bonds is 6. The first kappa shape index (κ1) is 12.7. The molecule has 0 rings (SSSR count). The van der Waals surface area contributed by atoms with Gasteiger partial charge in [-0.15, -0.1) is 0 Å². The van der Waals surface area contributed by atoms with Crippen LogP contribution in [0.3, 0.4) is 0 Å². The molecule has 0 aliphatic carbocycles. The van der Waals surface area contributed by atoms with Crippen molar-refractivity contribution in [2.45, 2.75) is 32.4 Å². The van der Waals surface area contributed by atoms with Gasteiger partial charge in [-0.3, -0.25) is 10.1 Å². The van der Waals surface area contributed by atoms with Crippen LogP contribution in [-0.4, -0.2) is 35.1 Å². The molecule has 6 nitrogen and oxygen atoms in total. The highest BCUT2D eigenvalue weighted by Gasteiger charge is 2.12. The smallest absolute Gasteiger partial charge is 0.409 e. The summed E-state index contributed by atoms with van der Waals surface area (Å²) in [5.41, 5.74) is 0. The van der Waals surface area contributed by atoms with E-state index < -0.39 is 24.7 Å². The number of ether oxygens (including phenoxy) is 1. The number of carbonyl (C=O) groups excluding carboxylic acids is 1. The van der Waals surface area contributed by atoms with E-state index in [1.165, 1.54) is 0 Å². The van der Waals surface area contributed by atoms with E-state index in [4.69, 9.17) is 10.2 Å². The van der Waals surface area contributed by atoms with Gasteiger partial charge in [0.25, 0.3) is 0 Å². The molecule has 0 saturated carbocycles. The molecule has 14 heavy (non-hydrogen) atoms. The fourth-order valence-electron chi connectivity index (χ4n) is 0.703. The third-order valence-electron chi connectivity index (χ3n) is 1.38. The summed E-state index contributed by atoms with van der Waals surface area (Å²) in [6, 6.07) is 0. The Labute approximate surface area is 81.9 Å². The van der Waals surface area contributed by atoms with Crippen molar-refractivity contribution in [3.8, 4) is 0 Å². The number of hydrogen-bond acceptors (Lipinski definition) is 4. The Kier molecular flexibility index (Phi) is 6.47. The summed E-state index contributed by atoms with van der Waals surface area (Å²) in [5.74, 6) is -1.19. The van der Waals surface area contributed by atoms with E-state index in [0.29, 0.717) is 0 Å². The van der Waals surface area contributed by atoms with Crippen LogP contribution in [0.25, 0.3) is 0 Å². The van der Waals surface area contributed by atoms with E-state index in [9.17, 15) is 9.59 Å². The minimum atomic E-state index is -1.40. The van der Waals surface area contributed by atoms with Crippen molar-refractivity contribution in [2.24, 2.45) is 0 Å². The molecule has 0 saturated heterocycles. The lowest BCUT2D eigenvalue weighted by Gasteiger charge is -2.10. The van der Waals surface area contributed by atoms with Crippen molar-refractivity contribution in [3.63, 3.8) is 0 Å². The Balaban J connectivity index is 3.55. The van der Waals surface area contributed by atoms with Gasteiger partial charge in [0.1, 0.15) is 6.23 Å². The Morgan fingerprint density at radius 2 is 2.14 bits per heavy atom. The number of alkyl carbamates (subject to hydrolysis) is 1. The average Bonchev–Trinajstić information content (AvgIpc) is 2.02. The fourth-order valence-corrected chi connectivity index (χ4v) is 0.703. The molecule has 6 heteroatoms. The minimum Gasteiger partial charge on any atom is -0.481 e. The molecule has 0 aromatic heterocycles. The zero-order valence-corrected chi connectivity index (χ0v) is 8.02. The summed E-state index contributed by atoms with van der Waals surface area (Å²) < 4.78 is 4.63. The maximum Gasteiger partial charge on any atom is 0.409 e. The van der Waals surface area contributed by atoms with E-state index >= 15 is 0 Å². The molecule has 1 unspecified atom stereocenters. The van der Waals surface area contributed by atoms with Crippen LogP contribution in [0, 0.1) is 0 Å². The number of hydrogen-bond donors (Lipinski definition) is 3. The number of carboxylic acid groups (broad SMARTS) is 1. The molecule has 0 heterocycles. The van der Waals surface area contributed by atoms with Crippen molar-refractivity contribution < 1.29 is 24.5 Å². The van der Waals surface area contributed by atoms with E-state index in [2.05, 4.69) is 4.74 Å². The number of aliphatic hydroxyl groups excluding tert-OH is 1. The lowest BCUT2D eigenvalue weighted by atomic mass is 10.4. The van der Waals surface area contributed by atoms with Crippen molar-refractivity contribution in [3.05, 3.63) is 0 Å². The summed E-state index contributed by atoms with van der Waals surface area (Å²) in [4.78, 5) is 20.9. The molecule has 1 atom stereocenters. The Hall–Kier alpha value is -1.30. The summed E-state index contributed by atoms with van der Waals surface area (Å²) in [5, 5.41) is 19.2. The van der Waals surface area contributed by atoms with Crippen LogP contribution in [0.15, 0.2) is 0 Å². The van der Waals surface area contributed by atoms with Crippen LogP contribution < -0.4 is 5.32 Å². The van der Waals surface area contributed by atoms with Gasteiger partial charge in [0.15, 0.2) is 0 Å². The van der Waals surface area contributed by atoms with Crippen LogP contribution in [0.4, 0.5) is 4.79 Å². The third kappa shape index (κ3) is 7.35. The second-order valence-corrected chi connectivity index (χ2v) is 2.75. The van der Waals surface area contributed by atoms with Gasteiger partial charge in [-0.2, -0.15) is 0 Å². The summed E-state index contributed by atoms with van der Waals surface area (Å²) in [6.45, 7) is 2.21. The number of carbonyl (C=O) groups is 2. The van der Waals surface area contributed by atoms with E-state index in [1.807, 2.05) is 12.2 Å². The molecule has 0 aromatic rings. The Bertz CT molecular complexity index is 194. The van der Waals surface area contributed by atoms with E-state index in [0.717, 1.165) is 12.8 Å². The molecule has 0 bridgehead atoms. The molecule has 0 aliphatic heterocycles. The maximum atomic E-state index is 10.8. The van der Waals surface area contributed by atoms with Crippen LogP contribution in [0.5, 0.6) is 0 Å². The number of carboxylic acids is 1. The van der Waals surface area contributed by atoms with Crippen molar-refractivity contribution in [1.29, 1.82) is 0 Å². The van der Waals surface area contributed by atoms with Gasteiger partial charge in [0.2, 0.25) is 0 Å². The predicted molar refractivity (Wildman–Crippen MR) is 47.7 cm³/mol. The molecule has 1 amide bonds. The van der Waals surface area contributed by atoms with Crippen LogP contribution >= 0.6 is 0 Å². The van der Waals surface area contributed by atoms with Crippen molar-refractivity contribution in [1.82, 2.24) is 5.32 Å². The summed E-state index contributed by atoms with van der Waals surface area (Å²) in [6.07, 6.45) is -1.11. The first-order valence-corrected chi connectivity index (χ1v) is 4.39. The molecule has 0 aliphatic rings. The quantitative estimate of drug-likeness (QED) is 0.428. The van der Waals surface area contributed by atoms with Crippen LogP contribution in [0.2, 0.25) is 0 Å².